The van der Waals surface area contributed by atoms with Crippen LogP contribution < -0.4 is 0 Å². The Kier molecular flexibility index (Phi) is 14.9. The molecule has 0 heterocycles. The Labute approximate surface area is 130 Å². The molecule has 0 aliphatic heterocycles. The number of aliphatic carboxylic acids is 1. The van der Waals surface area contributed by atoms with E-state index in [4.69, 9.17) is 5.11 Å². The van der Waals surface area contributed by atoms with Gasteiger partial charge < -0.3 is 9.90 Å². The van der Waals surface area contributed by atoms with Crippen LogP contribution in [0.4, 0.5) is 0 Å². The van der Waals surface area contributed by atoms with Crippen LogP contribution in [0.5, 0.6) is 0 Å². The van der Waals surface area contributed by atoms with Crippen molar-refractivity contribution in [3.05, 3.63) is 0 Å². The van der Waals surface area contributed by atoms with E-state index in [0.717, 1.165) is 25.7 Å². The third-order valence-electron chi connectivity index (χ3n) is 3.92. The standard InChI is InChI=1S/C18H34O3/c1-17(19)15-13-11-9-7-5-3-2-4-6-8-10-12-14-16-18(20)21/h2-16H2,1H3,(H,20,21). The topological polar surface area (TPSA) is 54.4 Å². The maximum Gasteiger partial charge on any atom is 0.303 e. The fourth-order valence-electron chi connectivity index (χ4n) is 2.59. The highest BCUT2D eigenvalue weighted by molar-refractivity contribution is 5.75. The van der Waals surface area contributed by atoms with E-state index in [1.165, 1.54) is 64.2 Å². The molecule has 3 heteroatoms. The summed E-state index contributed by atoms with van der Waals surface area (Å²) in [5.74, 6) is -0.353. The summed E-state index contributed by atoms with van der Waals surface area (Å²) in [6, 6.07) is 0. The second-order valence-electron chi connectivity index (χ2n) is 6.19. The molecule has 3 nitrogen and oxygen atoms in total. The SMILES string of the molecule is CC(=O)CCCCCCCCCCCCCCCC(=O)O. The van der Waals surface area contributed by atoms with Crippen molar-refractivity contribution in [2.75, 3.05) is 0 Å². The molecule has 0 aliphatic carbocycles. The van der Waals surface area contributed by atoms with Crippen molar-refractivity contribution in [2.45, 2.75) is 103 Å². The van der Waals surface area contributed by atoms with Crippen LogP contribution in [0.3, 0.4) is 0 Å². The molecular weight excluding hydrogens is 264 g/mol. The number of ketones is 1. The molecular formula is C18H34O3. The van der Waals surface area contributed by atoms with Crippen molar-refractivity contribution in [1.82, 2.24) is 0 Å². The molecule has 0 unspecified atom stereocenters. The molecule has 0 amide bonds. The molecule has 0 atom stereocenters. The first kappa shape index (κ1) is 20.1. The minimum absolute atomic E-state index is 0.318. The van der Waals surface area contributed by atoms with Gasteiger partial charge in [0.25, 0.3) is 0 Å². The average Bonchev–Trinajstić information content (AvgIpc) is 2.42. The van der Waals surface area contributed by atoms with E-state index in [-0.39, 0.29) is 0 Å². The molecule has 0 saturated heterocycles. The van der Waals surface area contributed by atoms with Crippen molar-refractivity contribution in [3.63, 3.8) is 0 Å². The first-order valence-electron chi connectivity index (χ1n) is 8.84. The first-order valence-corrected chi connectivity index (χ1v) is 8.84. The fraction of sp³-hybridized carbons (Fsp3) is 0.889. The lowest BCUT2D eigenvalue weighted by Gasteiger charge is -2.03. The Balaban J connectivity index is 2.99. The minimum atomic E-state index is -0.670. The summed E-state index contributed by atoms with van der Waals surface area (Å²) in [4.78, 5) is 21.1. The van der Waals surface area contributed by atoms with Gasteiger partial charge in [0.15, 0.2) is 0 Å². The second-order valence-corrected chi connectivity index (χ2v) is 6.19. The molecule has 0 radical (unpaired) electrons. The van der Waals surface area contributed by atoms with Gasteiger partial charge in [-0.05, 0) is 19.8 Å². The summed E-state index contributed by atoms with van der Waals surface area (Å²) in [5, 5.41) is 8.51. The van der Waals surface area contributed by atoms with Gasteiger partial charge in [0.2, 0.25) is 0 Å². The van der Waals surface area contributed by atoms with Crippen LogP contribution >= 0.6 is 0 Å². The average molecular weight is 298 g/mol. The number of carboxylic acids is 1. The summed E-state index contributed by atoms with van der Waals surface area (Å²) in [7, 11) is 0. The van der Waals surface area contributed by atoms with Crippen molar-refractivity contribution in [3.8, 4) is 0 Å². The van der Waals surface area contributed by atoms with E-state index in [2.05, 4.69) is 0 Å². The van der Waals surface area contributed by atoms with E-state index in [0.29, 0.717) is 12.2 Å². The Morgan fingerprint density at radius 2 is 0.857 bits per heavy atom. The lowest BCUT2D eigenvalue weighted by atomic mass is 10.0. The molecule has 1 N–H and O–H groups in total. The Hall–Kier alpha value is -0.860. The smallest absolute Gasteiger partial charge is 0.303 e. The van der Waals surface area contributed by atoms with Crippen LogP contribution in [0.25, 0.3) is 0 Å². The number of hydrogen-bond acceptors (Lipinski definition) is 2. The lowest BCUT2D eigenvalue weighted by Crippen LogP contribution is -1.93. The zero-order valence-electron chi connectivity index (χ0n) is 13.9. The van der Waals surface area contributed by atoms with E-state index in [1.54, 1.807) is 6.92 Å². The monoisotopic (exact) mass is 298 g/mol. The van der Waals surface area contributed by atoms with Crippen molar-refractivity contribution in [2.24, 2.45) is 0 Å². The lowest BCUT2D eigenvalue weighted by molar-refractivity contribution is -0.137. The highest BCUT2D eigenvalue weighted by Crippen LogP contribution is 2.13. The van der Waals surface area contributed by atoms with Crippen LogP contribution in [0.1, 0.15) is 103 Å². The van der Waals surface area contributed by atoms with Gasteiger partial charge in [0, 0.05) is 12.8 Å². The van der Waals surface area contributed by atoms with E-state index in [1.807, 2.05) is 0 Å². The molecule has 0 aromatic carbocycles. The molecule has 21 heavy (non-hydrogen) atoms. The number of carbonyl (C=O) groups is 2. The van der Waals surface area contributed by atoms with Gasteiger partial charge in [-0.1, -0.05) is 70.6 Å². The normalized spacial score (nSPS) is 10.7. The van der Waals surface area contributed by atoms with Crippen molar-refractivity contribution >= 4 is 11.8 Å². The number of carbonyl (C=O) groups excluding carboxylic acids is 1. The van der Waals surface area contributed by atoms with Crippen LogP contribution in [-0.2, 0) is 9.59 Å². The summed E-state index contributed by atoms with van der Waals surface area (Å²) >= 11 is 0. The number of Topliss-reactive ketones (excluding diaryl/α,β-unsaturated/α-hetero) is 1. The highest BCUT2D eigenvalue weighted by Gasteiger charge is 1.97. The zero-order chi connectivity index (χ0) is 15.8. The number of carboxylic acid groups (broad SMARTS) is 1. The number of hydrogen-bond donors (Lipinski definition) is 1. The predicted octanol–water partition coefficient (Wildman–Crippen LogP) is 5.51. The molecule has 0 rings (SSSR count). The number of unbranched alkanes of at least 4 members (excludes halogenated alkanes) is 12. The highest BCUT2D eigenvalue weighted by atomic mass is 16.4. The fourth-order valence-corrected chi connectivity index (χ4v) is 2.59. The van der Waals surface area contributed by atoms with Gasteiger partial charge in [0.05, 0.1) is 0 Å². The maximum absolute atomic E-state index is 10.8. The zero-order valence-corrected chi connectivity index (χ0v) is 13.9. The quantitative estimate of drug-likeness (QED) is 0.382. The molecule has 0 spiro atoms. The van der Waals surface area contributed by atoms with Crippen molar-refractivity contribution < 1.29 is 14.7 Å². The Bertz CT molecular complexity index is 235. The molecule has 0 saturated carbocycles. The summed E-state index contributed by atoms with van der Waals surface area (Å²) < 4.78 is 0. The van der Waals surface area contributed by atoms with Gasteiger partial charge in [-0.25, -0.2) is 0 Å². The van der Waals surface area contributed by atoms with Crippen molar-refractivity contribution in [1.29, 1.82) is 0 Å². The van der Waals surface area contributed by atoms with E-state index < -0.39 is 5.97 Å². The summed E-state index contributed by atoms with van der Waals surface area (Å²) in [5.41, 5.74) is 0. The van der Waals surface area contributed by atoms with Gasteiger partial charge >= 0.3 is 5.97 Å². The molecule has 0 fully saturated rings. The minimum Gasteiger partial charge on any atom is -0.481 e. The third-order valence-corrected chi connectivity index (χ3v) is 3.92. The van der Waals surface area contributed by atoms with Gasteiger partial charge in [0.1, 0.15) is 5.78 Å². The van der Waals surface area contributed by atoms with E-state index >= 15 is 0 Å². The molecule has 0 aliphatic rings. The van der Waals surface area contributed by atoms with Crippen LogP contribution in [-0.4, -0.2) is 16.9 Å². The summed E-state index contributed by atoms with van der Waals surface area (Å²) in [6.07, 6.45) is 16.9. The number of rotatable bonds is 16. The Morgan fingerprint density at radius 1 is 0.571 bits per heavy atom. The van der Waals surface area contributed by atoms with Gasteiger partial charge in [-0.2, -0.15) is 0 Å². The molecule has 0 aromatic rings. The second kappa shape index (κ2) is 15.5. The Morgan fingerprint density at radius 3 is 1.14 bits per heavy atom. The van der Waals surface area contributed by atoms with Gasteiger partial charge in [-0.15, -0.1) is 0 Å². The molecule has 0 aromatic heterocycles. The van der Waals surface area contributed by atoms with Crippen LogP contribution in [0.15, 0.2) is 0 Å². The third kappa shape index (κ3) is 19.1. The van der Waals surface area contributed by atoms with Gasteiger partial charge in [-0.3, -0.25) is 4.79 Å². The molecule has 124 valence electrons. The maximum atomic E-state index is 10.8. The van der Waals surface area contributed by atoms with Crippen LogP contribution in [0.2, 0.25) is 0 Å². The van der Waals surface area contributed by atoms with E-state index in [9.17, 15) is 9.59 Å². The predicted molar refractivity (Wildman–Crippen MR) is 87.6 cm³/mol. The summed E-state index contributed by atoms with van der Waals surface area (Å²) in [6.45, 7) is 1.67. The largest absolute Gasteiger partial charge is 0.481 e. The van der Waals surface area contributed by atoms with Crippen LogP contribution in [0, 0.1) is 0 Å². The first-order chi connectivity index (χ1) is 10.1. The molecule has 0 bridgehead atoms.